The summed E-state index contributed by atoms with van der Waals surface area (Å²) in [6.45, 7) is -0.295. The first-order valence-electron chi connectivity index (χ1n) is 18.7. The maximum atomic E-state index is 13.8. The summed E-state index contributed by atoms with van der Waals surface area (Å²) in [5.74, 6) is 1.50. The molecule has 0 spiro atoms. The fraction of sp³-hybridized carbons (Fsp3) is 0.178. The van der Waals surface area contributed by atoms with Crippen LogP contribution in [0.4, 0.5) is 11.4 Å². The van der Waals surface area contributed by atoms with Crippen molar-refractivity contribution < 1.29 is 47.5 Å². The van der Waals surface area contributed by atoms with Crippen LogP contribution in [0.5, 0.6) is 46.0 Å². The molecule has 17 heteroatoms. The average Bonchev–Trinajstić information content (AvgIpc) is 3.28. The fourth-order valence-electron chi connectivity index (χ4n) is 6.53. The van der Waals surface area contributed by atoms with Crippen LogP contribution in [-0.4, -0.2) is 69.4 Å². The minimum absolute atomic E-state index is 0.136. The molecule has 0 radical (unpaired) electrons. The van der Waals surface area contributed by atoms with E-state index in [1.165, 1.54) is 54.8 Å². The van der Waals surface area contributed by atoms with Crippen LogP contribution in [0.3, 0.4) is 0 Å². The van der Waals surface area contributed by atoms with Gasteiger partial charge in [-0.05, 0) is 54.6 Å². The summed E-state index contributed by atoms with van der Waals surface area (Å²) in [6.07, 6.45) is 1.69. The number of nitrogens with zero attached hydrogens (tertiary/aromatic N) is 3. The Labute approximate surface area is 365 Å². The predicted molar refractivity (Wildman–Crippen MR) is 235 cm³/mol. The Balaban J connectivity index is 1.19. The van der Waals surface area contributed by atoms with E-state index >= 15 is 0 Å². The first-order valence-corrected chi connectivity index (χ1v) is 19.4. The van der Waals surface area contributed by atoms with Gasteiger partial charge in [0.15, 0.2) is 23.0 Å². The molecule has 0 unspecified atom stereocenters. The number of hydrogen-bond acceptors (Lipinski definition) is 13. The Hall–Kier alpha value is -7.23. The molecule has 0 aliphatic heterocycles. The number of ether oxygens (including phenoxy) is 8. The predicted octanol–water partition coefficient (Wildman–Crippen LogP) is 9.20. The van der Waals surface area contributed by atoms with Gasteiger partial charge in [0.2, 0.25) is 11.5 Å². The van der Waals surface area contributed by atoms with E-state index in [2.05, 4.69) is 15.6 Å². The van der Waals surface area contributed by atoms with Crippen molar-refractivity contribution in [3.05, 3.63) is 124 Å². The lowest BCUT2D eigenvalue weighted by molar-refractivity contribution is 0.101. The Bertz CT molecular complexity index is 2590. The van der Waals surface area contributed by atoms with Crippen molar-refractivity contribution in [1.29, 1.82) is 0 Å². The van der Waals surface area contributed by atoms with Crippen molar-refractivity contribution in [2.45, 2.75) is 13.2 Å². The Morgan fingerprint density at radius 1 is 0.516 bits per heavy atom. The number of amides is 2. The van der Waals surface area contributed by atoms with Crippen LogP contribution in [0.15, 0.2) is 91.1 Å². The summed E-state index contributed by atoms with van der Waals surface area (Å²) in [5.41, 5.74) is 3.63. The van der Waals surface area contributed by atoms with E-state index < -0.39 is 11.8 Å². The van der Waals surface area contributed by atoms with Crippen LogP contribution in [-0.2, 0) is 13.2 Å². The molecular formula is C45H39Cl2N5O10. The lowest BCUT2D eigenvalue weighted by atomic mass is 10.1. The summed E-state index contributed by atoms with van der Waals surface area (Å²) < 4.78 is 45.3. The van der Waals surface area contributed by atoms with Gasteiger partial charge in [0.25, 0.3) is 11.8 Å². The number of anilines is 2. The highest BCUT2D eigenvalue weighted by molar-refractivity contribution is 6.31. The van der Waals surface area contributed by atoms with Crippen LogP contribution >= 0.6 is 23.2 Å². The van der Waals surface area contributed by atoms with Crippen molar-refractivity contribution in [2.75, 3.05) is 53.3 Å². The van der Waals surface area contributed by atoms with Gasteiger partial charge in [-0.2, -0.15) is 0 Å². The minimum atomic E-state index is -0.525. The third kappa shape index (κ3) is 9.23. The Morgan fingerprint density at radius 2 is 0.952 bits per heavy atom. The van der Waals surface area contributed by atoms with Gasteiger partial charge in [-0.25, -0.2) is 9.97 Å². The zero-order valence-corrected chi connectivity index (χ0v) is 35.8. The Morgan fingerprint density at radius 3 is 1.37 bits per heavy atom. The van der Waals surface area contributed by atoms with Crippen LogP contribution < -0.4 is 48.5 Å². The molecule has 318 valence electrons. The number of methoxy groups -OCH3 is 6. The first-order chi connectivity index (χ1) is 30.0. The van der Waals surface area contributed by atoms with Gasteiger partial charge in [0, 0.05) is 57.3 Å². The van der Waals surface area contributed by atoms with E-state index in [1.54, 1.807) is 54.7 Å². The van der Waals surface area contributed by atoms with Gasteiger partial charge in [0.05, 0.1) is 70.3 Å². The van der Waals surface area contributed by atoms with E-state index in [0.29, 0.717) is 78.3 Å². The maximum absolute atomic E-state index is 13.8. The summed E-state index contributed by atoms with van der Waals surface area (Å²) in [6, 6.07) is 23.2. The molecule has 2 aromatic heterocycles. The third-order valence-corrected chi connectivity index (χ3v) is 9.96. The van der Waals surface area contributed by atoms with Crippen molar-refractivity contribution in [2.24, 2.45) is 0 Å². The molecule has 7 rings (SSSR count). The molecule has 2 amide bonds. The molecule has 5 aromatic carbocycles. The summed E-state index contributed by atoms with van der Waals surface area (Å²) in [5, 5.41) is 7.19. The number of rotatable bonds is 16. The number of carbonyl (C=O) groups excluding carboxylic acids is 2. The molecule has 2 heterocycles. The molecule has 15 nitrogen and oxygen atoms in total. The SMILES string of the molecule is COc1cc(NC(=O)c2cc(Cl)ccc2OCc2nc3cc4cccnc4cc3nc2COc2ccc(Cl)cc2C(=O)Nc2cc(OC)c(OC)c(OC)c2)cc(OC)c1OC. The number of aromatic nitrogens is 3. The zero-order chi connectivity index (χ0) is 43.9. The molecule has 62 heavy (non-hydrogen) atoms. The standard InChI is InChI=1S/C45H39Cl2N5O10/c1-55-38-17-27(18-39(56-2)42(38)59-5)49-44(53)29-15-25(46)9-11-36(29)61-22-34-35(52-33-21-31-24(8-7-13-48-31)14-32(33)51-34)23-62-37-12-10-26(47)16-30(37)45(54)50-28-19-40(57-3)43(60-6)41(20-28)58-4/h7-21H,22-23H2,1-6H3,(H,49,53)(H,50,54). The van der Waals surface area contributed by atoms with Gasteiger partial charge in [0.1, 0.15) is 36.1 Å². The summed E-state index contributed by atoms with van der Waals surface area (Å²) >= 11 is 12.8. The third-order valence-electron chi connectivity index (χ3n) is 9.49. The highest BCUT2D eigenvalue weighted by Crippen LogP contribution is 2.41. The van der Waals surface area contributed by atoms with Crippen LogP contribution in [0.25, 0.3) is 21.9 Å². The smallest absolute Gasteiger partial charge is 0.259 e. The molecule has 0 aliphatic rings. The molecule has 2 N–H and O–H groups in total. The molecule has 0 atom stereocenters. The number of carbonyl (C=O) groups is 2. The lowest BCUT2D eigenvalue weighted by Gasteiger charge is -2.17. The van der Waals surface area contributed by atoms with E-state index in [1.807, 2.05) is 24.3 Å². The summed E-state index contributed by atoms with van der Waals surface area (Å²) in [7, 11) is 8.88. The molecule has 0 saturated carbocycles. The van der Waals surface area contributed by atoms with Crippen molar-refractivity contribution in [3.8, 4) is 46.0 Å². The Kier molecular flexibility index (Phi) is 13.1. The van der Waals surface area contributed by atoms with E-state index in [0.717, 1.165) is 10.9 Å². The fourth-order valence-corrected chi connectivity index (χ4v) is 6.88. The molecule has 0 saturated heterocycles. The van der Waals surface area contributed by atoms with Crippen LogP contribution in [0.1, 0.15) is 32.1 Å². The van der Waals surface area contributed by atoms with E-state index in [9.17, 15) is 9.59 Å². The largest absolute Gasteiger partial charge is 0.493 e. The molecule has 0 bridgehead atoms. The van der Waals surface area contributed by atoms with Crippen molar-refractivity contribution >= 4 is 68.3 Å². The minimum Gasteiger partial charge on any atom is -0.493 e. The second-order valence-electron chi connectivity index (χ2n) is 13.2. The van der Waals surface area contributed by atoms with Gasteiger partial charge in [-0.1, -0.05) is 29.3 Å². The lowest BCUT2D eigenvalue weighted by Crippen LogP contribution is -2.16. The number of pyridine rings is 1. The maximum Gasteiger partial charge on any atom is 0.259 e. The monoisotopic (exact) mass is 879 g/mol. The number of halogens is 2. The molecular weight excluding hydrogens is 841 g/mol. The number of hydrogen-bond donors (Lipinski definition) is 2. The molecule has 0 fully saturated rings. The highest BCUT2D eigenvalue weighted by atomic mass is 35.5. The molecule has 7 aromatic rings. The van der Waals surface area contributed by atoms with Gasteiger partial charge < -0.3 is 48.5 Å². The number of nitrogens with one attached hydrogen (secondary N) is 2. The quantitative estimate of drug-likeness (QED) is 0.0882. The van der Waals surface area contributed by atoms with E-state index in [4.69, 9.17) is 71.1 Å². The first kappa shape index (κ1) is 42.9. The number of benzene rings is 5. The van der Waals surface area contributed by atoms with Gasteiger partial charge in [-0.3, -0.25) is 14.6 Å². The zero-order valence-electron chi connectivity index (χ0n) is 34.3. The normalized spacial score (nSPS) is 10.8. The van der Waals surface area contributed by atoms with Crippen LogP contribution in [0, 0.1) is 0 Å². The second-order valence-corrected chi connectivity index (χ2v) is 14.1. The van der Waals surface area contributed by atoms with E-state index in [-0.39, 0.29) is 35.8 Å². The summed E-state index contributed by atoms with van der Waals surface area (Å²) in [4.78, 5) is 42.0. The molecule has 0 aliphatic carbocycles. The van der Waals surface area contributed by atoms with Crippen molar-refractivity contribution in [1.82, 2.24) is 15.0 Å². The van der Waals surface area contributed by atoms with Crippen molar-refractivity contribution in [3.63, 3.8) is 0 Å². The second kappa shape index (κ2) is 19.0. The highest BCUT2D eigenvalue weighted by Gasteiger charge is 2.22. The number of fused-ring (bicyclic) bond motifs is 2. The average molecular weight is 881 g/mol. The van der Waals surface area contributed by atoms with Gasteiger partial charge in [-0.15, -0.1) is 0 Å². The topological polar surface area (TPSA) is 171 Å². The van der Waals surface area contributed by atoms with Gasteiger partial charge >= 0.3 is 0 Å². The van der Waals surface area contributed by atoms with Crippen LogP contribution in [0.2, 0.25) is 10.0 Å².